The molecule has 0 spiro atoms. The van der Waals surface area contributed by atoms with E-state index >= 15 is 0 Å². The minimum absolute atomic E-state index is 0.0125. The van der Waals surface area contributed by atoms with E-state index in [2.05, 4.69) is 10.3 Å². The van der Waals surface area contributed by atoms with Crippen LogP contribution in [0.3, 0.4) is 0 Å². The Morgan fingerprint density at radius 1 is 1.22 bits per heavy atom. The number of aliphatic hydroxyl groups is 1. The fourth-order valence-corrected chi connectivity index (χ4v) is 2.00. The number of pyridine rings is 1. The predicted molar refractivity (Wildman–Crippen MR) is 90.3 cm³/mol. The molecule has 1 atom stereocenters. The lowest BCUT2D eigenvalue weighted by atomic mass is 9.92. The van der Waals surface area contributed by atoms with Crippen molar-refractivity contribution in [2.24, 2.45) is 5.92 Å². The lowest BCUT2D eigenvalue weighted by molar-refractivity contribution is 0.0142. The number of rotatable bonds is 5. The van der Waals surface area contributed by atoms with Crippen molar-refractivity contribution in [2.75, 3.05) is 6.54 Å². The Balaban J connectivity index is 2.15. The summed E-state index contributed by atoms with van der Waals surface area (Å²) in [6, 6.07) is 12.6. The van der Waals surface area contributed by atoms with Gasteiger partial charge in [0.2, 0.25) is 0 Å². The molecule has 23 heavy (non-hydrogen) atoms. The van der Waals surface area contributed by atoms with Crippen LogP contribution in [-0.2, 0) is 0 Å². The van der Waals surface area contributed by atoms with Crippen molar-refractivity contribution < 1.29 is 9.90 Å². The van der Waals surface area contributed by atoms with Crippen LogP contribution in [0.25, 0.3) is 11.3 Å². The Kier molecular flexibility index (Phi) is 5.01. The highest BCUT2D eigenvalue weighted by Gasteiger charge is 2.26. The number of carbonyl (C=O) groups is 1. The number of aromatic amines is 1. The number of H-pyrrole nitrogens is 1. The molecule has 2 aromatic rings. The molecule has 0 fully saturated rings. The number of hydrogen-bond donors (Lipinski definition) is 3. The van der Waals surface area contributed by atoms with Crippen molar-refractivity contribution in [1.82, 2.24) is 10.3 Å². The molecule has 1 heterocycles. The quantitative estimate of drug-likeness (QED) is 0.791. The number of benzene rings is 1. The molecule has 0 saturated heterocycles. The van der Waals surface area contributed by atoms with Crippen LogP contribution in [0.15, 0.2) is 47.3 Å². The molecule has 1 aromatic heterocycles. The van der Waals surface area contributed by atoms with E-state index in [-0.39, 0.29) is 18.0 Å². The molecular weight excluding hydrogens is 292 g/mol. The molecule has 122 valence electrons. The normalized spacial score (nSPS) is 13.6. The van der Waals surface area contributed by atoms with Gasteiger partial charge in [-0.2, -0.15) is 0 Å². The van der Waals surface area contributed by atoms with E-state index in [1.165, 1.54) is 6.07 Å². The fourth-order valence-electron chi connectivity index (χ4n) is 2.00. The van der Waals surface area contributed by atoms with Gasteiger partial charge in [0, 0.05) is 12.2 Å². The van der Waals surface area contributed by atoms with Crippen LogP contribution in [0.5, 0.6) is 0 Å². The smallest absolute Gasteiger partial charge is 0.261 e. The summed E-state index contributed by atoms with van der Waals surface area (Å²) in [4.78, 5) is 27.0. The van der Waals surface area contributed by atoms with Crippen LogP contribution < -0.4 is 10.9 Å². The van der Waals surface area contributed by atoms with Crippen molar-refractivity contribution in [2.45, 2.75) is 26.4 Å². The van der Waals surface area contributed by atoms with Crippen molar-refractivity contribution in [3.8, 4) is 11.3 Å². The first kappa shape index (κ1) is 17.0. The minimum atomic E-state index is -1.02. The lowest BCUT2D eigenvalue weighted by Crippen LogP contribution is -2.45. The Morgan fingerprint density at radius 2 is 1.87 bits per heavy atom. The van der Waals surface area contributed by atoms with Gasteiger partial charge < -0.3 is 15.4 Å². The van der Waals surface area contributed by atoms with Gasteiger partial charge in [-0.1, -0.05) is 44.2 Å². The van der Waals surface area contributed by atoms with Crippen LogP contribution in [0.2, 0.25) is 0 Å². The highest BCUT2D eigenvalue weighted by molar-refractivity contribution is 5.94. The van der Waals surface area contributed by atoms with Crippen molar-refractivity contribution >= 4 is 5.91 Å². The third kappa shape index (κ3) is 4.07. The molecule has 5 nitrogen and oxygen atoms in total. The van der Waals surface area contributed by atoms with Gasteiger partial charge in [0.1, 0.15) is 5.56 Å². The summed E-state index contributed by atoms with van der Waals surface area (Å²) in [5.41, 5.74) is 0.0877. The van der Waals surface area contributed by atoms with Gasteiger partial charge in [-0.15, -0.1) is 0 Å². The molecule has 0 aliphatic rings. The number of hydrogen-bond acceptors (Lipinski definition) is 3. The first-order chi connectivity index (χ1) is 10.8. The third-order valence-electron chi connectivity index (χ3n) is 4.09. The molecule has 1 amide bonds. The molecule has 3 N–H and O–H groups in total. The van der Waals surface area contributed by atoms with E-state index in [0.29, 0.717) is 5.69 Å². The second-order valence-corrected chi connectivity index (χ2v) is 6.18. The maximum Gasteiger partial charge on any atom is 0.261 e. The molecule has 0 aliphatic carbocycles. The first-order valence-corrected chi connectivity index (χ1v) is 7.60. The molecule has 2 rings (SSSR count). The summed E-state index contributed by atoms with van der Waals surface area (Å²) in [5, 5.41) is 12.8. The van der Waals surface area contributed by atoms with Gasteiger partial charge in [-0.05, 0) is 30.5 Å². The largest absolute Gasteiger partial charge is 0.388 e. The highest BCUT2D eigenvalue weighted by atomic mass is 16.3. The van der Waals surface area contributed by atoms with Crippen LogP contribution in [0.4, 0.5) is 0 Å². The number of carbonyl (C=O) groups excluding carboxylic acids is 1. The second-order valence-electron chi connectivity index (χ2n) is 6.18. The van der Waals surface area contributed by atoms with Crippen molar-refractivity contribution in [3.05, 3.63) is 58.4 Å². The minimum Gasteiger partial charge on any atom is -0.388 e. The van der Waals surface area contributed by atoms with E-state index in [1.54, 1.807) is 13.0 Å². The molecule has 5 heteroatoms. The Bertz CT molecular complexity index is 733. The van der Waals surface area contributed by atoms with Crippen LogP contribution in [0, 0.1) is 5.92 Å². The van der Waals surface area contributed by atoms with Crippen LogP contribution in [-0.4, -0.2) is 28.1 Å². The lowest BCUT2D eigenvalue weighted by Gasteiger charge is -2.27. The van der Waals surface area contributed by atoms with Gasteiger partial charge in [0.05, 0.1) is 5.60 Å². The summed E-state index contributed by atoms with van der Waals surface area (Å²) in [6.45, 7) is 5.48. The molecule has 0 saturated carbocycles. The zero-order chi connectivity index (χ0) is 17.0. The van der Waals surface area contributed by atoms with Gasteiger partial charge in [0.25, 0.3) is 11.5 Å². The summed E-state index contributed by atoms with van der Waals surface area (Å²) in [7, 11) is 0. The maximum atomic E-state index is 12.1. The van der Waals surface area contributed by atoms with Crippen LogP contribution >= 0.6 is 0 Å². The molecule has 1 aromatic carbocycles. The van der Waals surface area contributed by atoms with E-state index in [9.17, 15) is 14.7 Å². The second kappa shape index (κ2) is 6.79. The molecule has 0 radical (unpaired) electrons. The fraction of sp³-hybridized carbons (Fsp3) is 0.333. The van der Waals surface area contributed by atoms with Gasteiger partial charge in [-0.3, -0.25) is 9.59 Å². The van der Waals surface area contributed by atoms with Gasteiger partial charge in [-0.25, -0.2) is 0 Å². The average molecular weight is 314 g/mol. The summed E-state index contributed by atoms with van der Waals surface area (Å²) < 4.78 is 0. The monoisotopic (exact) mass is 314 g/mol. The van der Waals surface area contributed by atoms with Gasteiger partial charge >= 0.3 is 0 Å². The predicted octanol–water partition coefficient (Wildman–Crippen LogP) is 2.18. The summed E-state index contributed by atoms with van der Waals surface area (Å²) in [6.07, 6.45) is 0. The van der Waals surface area contributed by atoms with Crippen molar-refractivity contribution in [3.63, 3.8) is 0 Å². The Hall–Kier alpha value is -2.40. The summed E-state index contributed by atoms with van der Waals surface area (Å²) in [5.74, 6) is -0.506. The number of amides is 1. The van der Waals surface area contributed by atoms with E-state index in [4.69, 9.17) is 0 Å². The van der Waals surface area contributed by atoms with E-state index in [0.717, 1.165) is 5.56 Å². The maximum absolute atomic E-state index is 12.1. The number of nitrogens with one attached hydrogen (secondary N) is 2. The molecule has 0 aliphatic heterocycles. The van der Waals surface area contributed by atoms with Crippen molar-refractivity contribution in [1.29, 1.82) is 0 Å². The average Bonchev–Trinajstić information content (AvgIpc) is 2.53. The first-order valence-electron chi connectivity index (χ1n) is 7.60. The molecule has 1 unspecified atom stereocenters. The summed E-state index contributed by atoms with van der Waals surface area (Å²) >= 11 is 0. The standard InChI is InChI=1S/C18H22N2O3/c1-12(2)18(3,23)11-19-16(21)14-9-10-15(20-17(14)22)13-7-5-4-6-8-13/h4-10,12,23H,11H2,1-3H3,(H,19,21)(H,20,22). The topological polar surface area (TPSA) is 82.2 Å². The Morgan fingerprint density at radius 3 is 2.43 bits per heavy atom. The Labute approximate surface area is 135 Å². The molecule has 0 bridgehead atoms. The van der Waals surface area contributed by atoms with E-state index in [1.807, 2.05) is 44.2 Å². The van der Waals surface area contributed by atoms with E-state index < -0.39 is 17.1 Å². The SMILES string of the molecule is CC(C)C(C)(O)CNC(=O)c1ccc(-c2ccccc2)[nH]c1=O. The third-order valence-corrected chi connectivity index (χ3v) is 4.09. The zero-order valence-corrected chi connectivity index (χ0v) is 13.6. The zero-order valence-electron chi connectivity index (χ0n) is 13.6. The number of aromatic nitrogens is 1. The highest BCUT2D eigenvalue weighted by Crippen LogP contribution is 2.16. The van der Waals surface area contributed by atoms with Gasteiger partial charge in [0.15, 0.2) is 0 Å². The molecular formula is C18H22N2O3. The van der Waals surface area contributed by atoms with Crippen LogP contribution in [0.1, 0.15) is 31.1 Å².